The Morgan fingerprint density at radius 2 is 1.33 bits per heavy atom. The molecule has 0 heterocycles. The van der Waals surface area contributed by atoms with Crippen LogP contribution in [0.2, 0.25) is 0 Å². The Morgan fingerprint density at radius 3 is 1.53 bits per heavy atom. The fourth-order valence-electron chi connectivity index (χ4n) is 0.920. The predicted molar refractivity (Wildman–Crippen MR) is 67.1 cm³/mol. The molecule has 0 aromatic rings. The van der Waals surface area contributed by atoms with E-state index >= 15 is 0 Å². The summed E-state index contributed by atoms with van der Waals surface area (Å²) in [5.41, 5.74) is 0. The number of hydrogen-bond acceptors (Lipinski definition) is 5. The molecular formula is C8H19NaO4SSi. The van der Waals surface area contributed by atoms with Crippen LogP contribution >= 0.6 is 12.2 Å². The Bertz CT molecular complexity index is 165. The van der Waals surface area contributed by atoms with Crippen LogP contribution in [-0.2, 0) is 17.7 Å². The average molecular weight is 262 g/mol. The minimum atomic E-state index is -3.00. The molecule has 0 atom stereocenters. The monoisotopic (exact) mass is 262 g/mol. The van der Waals surface area contributed by atoms with Gasteiger partial charge >= 0.3 is 38.6 Å². The molecule has 86 valence electrons. The van der Waals surface area contributed by atoms with Crippen LogP contribution in [0.15, 0.2) is 0 Å². The molecule has 0 aromatic carbocycles. The van der Waals surface area contributed by atoms with Crippen LogP contribution in [0.25, 0.3) is 0 Å². The van der Waals surface area contributed by atoms with E-state index < -0.39 is 9.05 Å². The molecule has 0 spiro atoms. The van der Waals surface area contributed by atoms with Gasteiger partial charge in [0, 0.05) is 26.7 Å². The zero-order valence-electron chi connectivity index (χ0n) is 9.16. The van der Waals surface area contributed by atoms with E-state index in [4.69, 9.17) is 29.9 Å². The summed E-state index contributed by atoms with van der Waals surface area (Å²) >= 11 is 4.86. The third-order valence-electron chi connectivity index (χ3n) is 1.23. The van der Waals surface area contributed by atoms with E-state index in [0.29, 0.717) is 24.9 Å². The van der Waals surface area contributed by atoms with Gasteiger partial charge in [0.25, 0.3) is 0 Å². The van der Waals surface area contributed by atoms with Gasteiger partial charge in [-0.05, 0) is 33.0 Å². The van der Waals surface area contributed by atoms with Gasteiger partial charge < -0.3 is 17.7 Å². The maximum atomic E-state index is 5.41. The molecule has 7 heteroatoms. The Hall–Kier alpha value is 0.987. The fourth-order valence-corrected chi connectivity index (χ4v) is 3.07. The summed E-state index contributed by atoms with van der Waals surface area (Å²) in [6.07, 6.45) is 0. The summed E-state index contributed by atoms with van der Waals surface area (Å²) in [5.74, 6) is 0. The Labute approximate surface area is 120 Å². The summed E-state index contributed by atoms with van der Waals surface area (Å²) in [7, 11) is -3.00. The molecule has 0 N–H and O–H groups in total. The van der Waals surface area contributed by atoms with Gasteiger partial charge in [0.05, 0.1) is 0 Å². The Morgan fingerprint density at radius 1 is 1.00 bits per heavy atom. The van der Waals surface area contributed by atoms with E-state index in [1.54, 1.807) is 6.92 Å². The van der Waals surface area contributed by atoms with Crippen molar-refractivity contribution < 1.29 is 17.7 Å². The van der Waals surface area contributed by atoms with Crippen molar-refractivity contribution >= 4 is 55.9 Å². The zero-order chi connectivity index (χ0) is 11.0. The van der Waals surface area contributed by atoms with Crippen LogP contribution < -0.4 is 0 Å². The number of hydrogen-bond donors (Lipinski definition) is 0. The van der Waals surface area contributed by atoms with Gasteiger partial charge in [-0.3, -0.25) is 0 Å². The third kappa shape index (κ3) is 7.81. The third-order valence-corrected chi connectivity index (χ3v) is 3.95. The second-order valence-electron chi connectivity index (χ2n) is 2.39. The molecule has 0 aromatic heterocycles. The van der Waals surface area contributed by atoms with Gasteiger partial charge in [-0.2, -0.15) is 0 Å². The summed E-state index contributed by atoms with van der Waals surface area (Å²) in [4.78, 5) is 0. The van der Waals surface area contributed by atoms with E-state index in [0.717, 1.165) is 0 Å². The topological polar surface area (TPSA) is 36.9 Å². The van der Waals surface area contributed by atoms with E-state index in [1.165, 1.54) is 0 Å². The predicted octanol–water partition coefficient (Wildman–Crippen LogP) is 1.25. The zero-order valence-corrected chi connectivity index (χ0v) is 11.0. The molecule has 0 radical (unpaired) electrons. The summed E-state index contributed by atoms with van der Waals surface area (Å²) in [6, 6.07) is 0. The summed E-state index contributed by atoms with van der Waals surface area (Å²) in [5, 5.41) is 0.381. The van der Waals surface area contributed by atoms with Gasteiger partial charge in [0.15, 0.2) is 0 Å². The molecular weight excluding hydrogens is 243 g/mol. The fraction of sp³-hybridized carbons (Fsp3) is 0.875. The summed E-state index contributed by atoms with van der Waals surface area (Å²) < 4.78 is 21.6. The molecule has 0 aliphatic carbocycles. The van der Waals surface area contributed by atoms with Crippen LogP contribution in [0.1, 0.15) is 27.7 Å². The molecule has 4 nitrogen and oxygen atoms in total. The molecule has 0 amide bonds. The standard InChI is InChI=1S/C8H18O4SSi.Na.H/c1-5-9-14(10-6-2,11-7-3)12-8(4)13;;/h5-7H2,1-4H3;;. The van der Waals surface area contributed by atoms with Crippen LogP contribution in [0.4, 0.5) is 0 Å². The minimum absolute atomic E-state index is 0. The van der Waals surface area contributed by atoms with E-state index in [1.807, 2.05) is 20.8 Å². The van der Waals surface area contributed by atoms with Crippen LogP contribution in [0, 0.1) is 0 Å². The first kappa shape index (κ1) is 18.4. The first-order valence-electron chi connectivity index (χ1n) is 4.71. The molecule has 0 aliphatic heterocycles. The second-order valence-corrected chi connectivity index (χ2v) is 5.04. The maximum absolute atomic E-state index is 5.41. The van der Waals surface area contributed by atoms with Crippen molar-refractivity contribution in [3.8, 4) is 0 Å². The van der Waals surface area contributed by atoms with Crippen LogP contribution in [0.5, 0.6) is 0 Å². The van der Waals surface area contributed by atoms with Crippen molar-refractivity contribution in [1.82, 2.24) is 0 Å². The quantitative estimate of drug-likeness (QED) is 0.510. The van der Waals surface area contributed by atoms with Crippen molar-refractivity contribution in [2.75, 3.05) is 19.8 Å². The normalized spacial score (nSPS) is 10.7. The van der Waals surface area contributed by atoms with E-state index in [9.17, 15) is 0 Å². The first-order chi connectivity index (χ1) is 6.60. The van der Waals surface area contributed by atoms with Crippen molar-refractivity contribution in [3.05, 3.63) is 0 Å². The molecule has 0 bridgehead atoms. The number of rotatable bonds is 7. The van der Waals surface area contributed by atoms with Crippen molar-refractivity contribution in [3.63, 3.8) is 0 Å². The van der Waals surface area contributed by atoms with Crippen molar-refractivity contribution in [2.24, 2.45) is 0 Å². The van der Waals surface area contributed by atoms with Crippen LogP contribution in [-0.4, -0.2) is 63.5 Å². The van der Waals surface area contributed by atoms with Gasteiger partial charge in [-0.15, -0.1) is 0 Å². The SMILES string of the molecule is CCO[Si](OCC)(OCC)OC(C)=S.[NaH]. The molecule has 0 fully saturated rings. The summed E-state index contributed by atoms with van der Waals surface area (Å²) in [6.45, 7) is 8.71. The number of thiocarbonyl (C=S) groups is 1. The average Bonchev–Trinajstić information content (AvgIpc) is 2.03. The van der Waals surface area contributed by atoms with Gasteiger partial charge in [0.1, 0.15) is 5.05 Å². The molecule has 0 saturated heterocycles. The first-order valence-corrected chi connectivity index (χ1v) is 6.75. The molecule has 0 saturated carbocycles. The molecule has 0 unspecified atom stereocenters. The Kier molecular flexibility index (Phi) is 12.4. The van der Waals surface area contributed by atoms with Crippen molar-refractivity contribution in [2.45, 2.75) is 27.7 Å². The Balaban J connectivity index is 0. The van der Waals surface area contributed by atoms with Crippen LogP contribution in [0.3, 0.4) is 0 Å². The van der Waals surface area contributed by atoms with Gasteiger partial charge in [-0.1, -0.05) is 0 Å². The molecule has 0 aliphatic rings. The van der Waals surface area contributed by atoms with Gasteiger partial charge in [0.2, 0.25) is 0 Å². The van der Waals surface area contributed by atoms with E-state index in [-0.39, 0.29) is 29.6 Å². The van der Waals surface area contributed by atoms with Gasteiger partial charge in [-0.25, -0.2) is 0 Å². The molecule has 15 heavy (non-hydrogen) atoms. The van der Waals surface area contributed by atoms with Crippen molar-refractivity contribution in [1.29, 1.82) is 0 Å². The molecule has 0 rings (SSSR count). The second kappa shape index (κ2) is 10.2. The van der Waals surface area contributed by atoms with E-state index in [2.05, 4.69) is 0 Å².